The second-order valence-corrected chi connectivity index (χ2v) is 4.78. The van der Waals surface area contributed by atoms with Crippen molar-refractivity contribution in [2.75, 3.05) is 0 Å². The van der Waals surface area contributed by atoms with Crippen LogP contribution >= 0.6 is 11.6 Å². The van der Waals surface area contributed by atoms with E-state index in [1.54, 1.807) is 22.7 Å². The molecule has 100 valence electrons. The average molecular weight is 288 g/mol. The van der Waals surface area contributed by atoms with E-state index in [9.17, 15) is 4.79 Å². The van der Waals surface area contributed by atoms with Crippen LogP contribution in [0, 0.1) is 0 Å². The molecule has 0 amide bonds. The number of carboxylic acids is 1. The summed E-state index contributed by atoms with van der Waals surface area (Å²) < 4.78 is 1.68. The third kappa shape index (κ3) is 2.23. The van der Waals surface area contributed by atoms with E-state index in [4.69, 9.17) is 16.7 Å². The zero-order chi connectivity index (χ0) is 14.1. The lowest BCUT2D eigenvalue weighted by atomic mass is 10.1. The lowest BCUT2D eigenvalue weighted by molar-refractivity contribution is 0.0698. The molecule has 0 atom stereocenters. The number of nitrogens with zero attached hydrogens (tertiary/aromatic N) is 3. The van der Waals surface area contributed by atoms with Gasteiger partial charge in [0, 0.05) is 17.6 Å². The van der Waals surface area contributed by atoms with Gasteiger partial charge in [0.25, 0.3) is 0 Å². The molecular formula is C14H10ClN3O2. The quantitative estimate of drug-likeness (QED) is 0.804. The van der Waals surface area contributed by atoms with Crippen molar-refractivity contribution in [3.63, 3.8) is 0 Å². The maximum atomic E-state index is 11.1. The Balaban J connectivity index is 2.05. The zero-order valence-corrected chi connectivity index (χ0v) is 11.1. The van der Waals surface area contributed by atoms with Gasteiger partial charge in [0.1, 0.15) is 11.4 Å². The summed E-state index contributed by atoms with van der Waals surface area (Å²) in [6.45, 7) is 0. The summed E-state index contributed by atoms with van der Waals surface area (Å²) in [6, 6.07) is 10.6. The van der Waals surface area contributed by atoms with Crippen LogP contribution in [0.4, 0.5) is 0 Å². The van der Waals surface area contributed by atoms with Crippen LogP contribution in [0.1, 0.15) is 21.7 Å². The molecule has 0 fully saturated rings. The van der Waals surface area contributed by atoms with Gasteiger partial charge in [-0.05, 0) is 29.8 Å². The second kappa shape index (κ2) is 4.94. The molecule has 0 bridgehead atoms. The van der Waals surface area contributed by atoms with Crippen LogP contribution in [0.3, 0.4) is 0 Å². The molecular weight excluding hydrogens is 278 g/mol. The van der Waals surface area contributed by atoms with Gasteiger partial charge in [-0.15, -0.1) is 10.2 Å². The molecule has 0 aliphatic heterocycles. The fourth-order valence-corrected chi connectivity index (χ4v) is 2.29. The lowest BCUT2D eigenvalue weighted by Crippen LogP contribution is -2.02. The van der Waals surface area contributed by atoms with Crippen LogP contribution in [-0.4, -0.2) is 25.7 Å². The summed E-state index contributed by atoms with van der Waals surface area (Å²) >= 11 is 5.95. The predicted molar refractivity (Wildman–Crippen MR) is 74.2 cm³/mol. The Hall–Kier alpha value is -2.40. The van der Waals surface area contributed by atoms with Gasteiger partial charge in [-0.25, -0.2) is 4.79 Å². The van der Waals surface area contributed by atoms with Gasteiger partial charge in [0.05, 0.1) is 0 Å². The highest BCUT2D eigenvalue weighted by Crippen LogP contribution is 2.16. The third-order valence-corrected chi connectivity index (χ3v) is 3.22. The molecule has 0 aliphatic rings. The van der Waals surface area contributed by atoms with Gasteiger partial charge in [-0.2, -0.15) is 0 Å². The van der Waals surface area contributed by atoms with E-state index >= 15 is 0 Å². The molecule has 0 aliphatic carbocycles. The van der Waals surface area contributed by atoms with Crippen molar-refractivity contribution in [3.05, 3.63) is 64.6 Å². The van der Waals surface area contributed by atoms with Gasteiger partial charge < -0.3 is 5.11 Å². The van der Waals surface area contributed by atoms with Crippen molar-refractivity contribution in [2.24, 2.45) is 0 Å². The van der Waals surface area contributed by atoms with E-state index in [1.165, 1.54) is 6.07 Å². The van der Waals surface area contributed by atoms with Crippen molar-refractivity contribution in [1.82, 2.24) is 14.6 Å². The van der Waals surface area contributed by atoms with Crippen LogP contribution < -0.4 is 0 Å². The Morgan fingerprint density at radius 1 is 1.25 bits per heavy atom. The Kier molecular flexibility index (Phi) is 3.12. The molecule has 2 heterocycles. The monoisotopic (exact) mass is 287 g/mol. The Morgan fingerprint density at radius 2 is 2.10 bits per heavy atom. The van der Waals surface area contributed by atoms with Gasteiger partial charge in [-0.3, -0.25) is 4.40 Å². The number of carboxylic acid groups (broad SMARTS) is 1. The molecule has 1 aromatic carbocycles. The Labute approximate surface area is 119 Å². The predicted octanol–water partition coefficient (Wildman–Crippen LogP) is 2.67. The van der Waals surface area contributed by atoms with E-state index in [2.05, 4.69) is 10.2 Å². The molecule has 20 heavy (non-hydrogen) atoms. The molecule has 0 spiro atoms. The van der Waals surface area contributed by atoms with Crippen LogP contribution in [0.5, 0.6) is 0 Å². The van der Waals surface area contributed by atoms with E-state index in [0.717, 1.165) is 5.56 Å². The van der Waals surface area contributed by atoms with Crippen molar-refractivity contribution < 1.29 is 9.90 Å². The molecule has 0 saturated carbocycles. The highest BCUT2D eigenvalue weighted by Gasteiger charge is 2.13. The van der Waals surface area contributed by atoms with E-state index in [0.29, 0.717) is 22.9 Å². The van der Waals surface area contributed by atoms with Crippen LogP contribution in [0.25, 0.3) is 5.65 Å². The topological polar surface area (TPSA) is 67.5 Å². The highest BCUT2D eigenvalue weighted by atomic mass is 35.5. The maximum Gasteiger partial charge on any atom is 0.339 e. The van der Waals surface area contributed by atoms with E-state index < -0.39 is 5.97 Å². The summed E-state index contributed by atoms with van der Waals surface area (Å²) in [5.41, 5.74) is 1.47. The number of rotatable bonds is 3. The summed E-state index contributed by atoms with van der Waals surface area (Å²) in [6.07, 6.45) is 2.28. The maximum absolute atomic E-state index is 11.1. The molecule has 2 aromatic heterocycles. The summed E-state index contributed by atoms with van der Waals surface area (Å²) in [4.78, 5) is 11.1. The average Bonchev–Trinajstić information content (AvgIpc) is 2.82. The molecule has 0 radical (unpaired) electrons. The number of aromatic carboxylic acids is 1. The van der Waals surface area contributed by atoms with Crippen molar-refractivity contribution in [1.29, 1.82) is 0 Å². The Morgan fingerprint density at radius 3 is 2.85 bits per heavy atom. The number of halogens is 1. The standard InChI is InChI=1S/C14H10ClN3O2/c15-10-4-1-3-9(7-10)8-12-16-17-13-11(14(19)20)5-2-6-18(12)13/h1-7H,8H2,(H,19,20). The molecule has 1 N–H and O–H groups in total. The lowest BCUT2D eigenvalue weighted by Gasteiger charge is -2.02. The SMILES string of the molecule is O=C(O)c1cccn2c(Cc3cccc(Cl)c3)nnc12. The molecule has 0 saturated heterocycles. The number of fused-ring (bicyclic) bond motifs is 1. The van der Waals surface area contributed by atoms with Crippen molar-refractivity contribution >= 4 is 23.2 Å². The first-order chi connectivity index (χ1) is 9.65. The first kappa shape index (κ1) is 12.6. The fraction of sp³-hybridized carbons (Fsp3) is 0.0714. The Bertz CT molecular complexity index is 798. The first-order valence-corrected chi connectivity index (χ1v) is 6.33. The van der Waals surface area contributed by atoms with Crippen LogP contribution in [0.15, 0.2) is 42.6 Å². The molecule has 5 nitrogen and oxygen atoms in total. The van der Waals surface area contributed by atoms with Gasteiger partial charge >= 0.3 is 5.97 Å². The summed E-state index contributed by atoms with van der Waals surface area (Å²) in [5, 5.41) is 17.8. The minimum atomic E-state index is -1.02. The number of benzene rings is 1. The fourth-order valence-electron chi connectivity index (χ4n) is 2.08. The largest absolute Gasteiger partial charge is 0.478 e. The number of hydrogen-bond acceptors (Lipinski definition) is 3. The molecule has 3 aromatic rings. The summed E-state index contributed by atoms with van der Waals surface area (Å²) in [5.74, 6) is -0.345. The molecule has 6 heteroatoms. The van der Waals surface area contributed by atoms with Crippen LogP contribution in [-0.2, 0) is 6.42 Å². The normalized spacial score (nSPS) is 10.8. The van der Waals surface area contributed by atoms with Crippen molar-refractivity contribution in [2.45, 2.75) is 6.42 Å². The summed E-state index contributed by atoms with van der Waals surface area (Å²) in [7, 11) is 0. The first-order valence-electron chi connectivity index (χ1n) is 5.95. The smallest absolute Gasteiger partial charge is 0.339 e. The van der Waals surface area contributed by atoms with E-state index in [-0.39, 0.29) is 5.56 Å². The minimum Gasteiger partial charge on any atom is -0.478 e. The molecule has 0 unspecified atom stereocenters. The van der Waals surface area contributed by atoms with Gasteiger partial charge in [0.2, 0.25) is 0 Å². The number of carbonyl (C=O) groups is 1. The highest BCUT2D eigenvalue weighted by molar-refractivity contribution is 6.30. The van der Waals surface area contributed by atoms with Gasteiger partial charge in [-0.1, -0.05) is 23.7 Å². The number of hydrogen-bond donors (Lipinski definition) is 1. The van der Waals surface area contributed by atoms with E-state index in [1.807, 2.05) is 18.2 Å². The second-order valence-electron chi connectivity index (χ2n) is 4.34. The number of aromatic nitrogens is 3. The number of pyridine rings is 1. The minimum absolute atomic E-state index is 0.136. The zero-order valence-electron chi connectivity index (χ0n) is 10.3. The van der Waals surface area contributed by atoms with Gasteiger partial charge in [0.15, 0.2) is 5.65 Å². The third-order valence-electron chi connectivity index (χ3n) is 2.99. The molecule has 3 rings (SSSR count). The van der Waals surface area contributed by atoms with Crippen LogP contribution in [0.2, 0.25) is 5.02 Å². The van der Waals surface area contributed by atoms with Crippen molar-refractivity contribution in [3.8, 4) is 0 Å².